The topological polar surface area (TPSA) is 118 Å². The number of rotatable bonds is 5. The van der Waals surface area contributed by atoms with E-state index in [1.807, 2.05) is 24.3 Å². The number of carbonyl (C=O) groups excluding carboxylic acids is 2. The number of fused-ring (bicyclic) bond motifs is 1. The number of thioether (sulfide) groups is 1. The van der Waals surface area contributed by atoms with Crippen LogP contribution in [0.4, 0.5) is 16.5 Å². The molecule has 1 N–H and O–H groups in total. The summed E-state index contributed by atoms with van der Waals surface area (Å²) >= 11 is 2.59. The fourth-order valence-electron chi connectivity index (χ4n) is 2.90. The molecule has 0 bridgehead atoms. The summed E-state index contributed by atoms with van der Waals surface area (Å²) in [7, 11) is 1.60. The third-order valence-electron chi connectivity index (χ3n) is 4.36. The van der Waals surface area contributed by atoms with Gasteiger partial charge < -0.3 is 5.32 Å². The molecular weight excluding hydrogens is 426 g/mol. The van der Waals surface area contributed by atoms with Crippen LogP contribution in [0.25, 0.3) is 10.2 Å². The second-order valence-corrected chi connectivity index (χ2v) is 8.57. The van der Waals surface area contributed by atoms with Crippen molar-refractivity contribution < 1.29 is 14.5 Å². The number of amidine groups is 1. The molecule has 2 heterocycles. The van der Waals surface area contributed by atoms with E-state index < -0.39 is 16.1 Å². The van der Waals surface area contributed by atoms with Crippen LogP contribution < -0.4 is 5.32 Å². The number of nitrogens with zero attached hydrogens (tertiary/aromatic N) is 4. The van der Waals surface area contributed by atoms with Crippen molar-refractivity contribution in [2.75, 3.05) is 12.4 Å². The zero-order valence-corrected chi connectivity index (χ0v) is 17.3. The summed E-state index contributed by atoms with van der Waals surface area (Å²) in [6.07, 6.45) is -0.126. The van der Waals surface area contributed by atoms with E-state index in [4.69, 9.17) is 0 Å². The maximum Gasteiger partial charge on any atom is 0.292 e. The van der Waals surface area contributed by atoms with Crippen LogP contribution in [0.2, 0.25) is 0 Å². The number of aliphatic imine (C=N–C) groups is 1. The quantitative estimate of drug-likeness (QED) is 0.475. The highest BCUT2D eigenvalue weighted by Crippen LogP contribution is 2.34. The molecule has 0 radical (unpaired) electrons. The second-order valence-electron chi connectivity index (χ2n) is 6.39. The van der Waals surface area contributed by atoms with Crippen molar-refractivity contribution in [3.63, 3.8) is 0 Å². The van der Waals surface area contributed by atoms with Crippen molar-refractivity contribution in [2.45, 2.75) is 11.7 Å². The van der Waals surface area contributed by atoms with Gasteiger partial charge in [0, 0.05) is 19.5 Å². The van der Waals surface area contributed by atoms with E-state index in [9.17, 15) is 19.7 Å². The summed E-state index contributed by atoms with van der Waals surface area (Å²) in [6, 6.07) is 13.5. The molecule has 1 aromatic heterocycles. The minimum Gasteiger partial charge on any atom is -0.320 e. The van der Waals surface area contributed by atoms with E-state index >= 15 is 0 Å². The average molecular weight is 441 g/mol. The van der Waals surface area contributed by atoms with Gasteiger partial charge in [-0.3, -0.25) is 24.6 Å². The fourth-order valence-corrected chi connectivity index (χ4v) is 4.93. The second kappa shape index (κ2) is 8.20. The number of carbonyl (C=O) groups is 2. The molecule has 1 saturated heterocycles. The van der Waals surface area contributed by atoms with Crippen molar-refractivity contribution >= 4 is 66.8 Å². The van der Waals surface area contributed by atoms with Gasteiger partial charge in [-0.25, -0.2) is 4.98 Å². The predicted molar refractivity (Wildman–Crippen MR) is 117 cm³/mol. The van der Waals surface area contributed by atoms with Crippen LogP contribution in [-0.2, 0) is 9.59 Å². The summed E-state index contributed by atoms with van der Waals surface area (Å²) in [5.74, 6) is -0.734. The number of nitrogens with one attached hydrogen (secondary N) is 1. The van der Waals surface area contributed by atoms with Crippen LogP contribution >= 0.6 is 23.1 Å². The number of para-hydroxylation sites is 3. The highest BCUT2D eigenvalue weighted by molar-refractivity contribution is 8.15. The number of nitro benzene ring substituents is 1. The molecule has 1 fully saturated rings. The first-order chi connectivity index (χ1) is 14.4. The number of aromatic nitrogens is 1. The molecule has 2 amide bonds. The lowest BCUT2D eigenvalue weighted by atomic mass is 10.2. The summed E-state index contributed by atoms with van der Waals surface area (Å²) in [6.45, 7) is 0. The molecule has 2 aromatic carbocycles. The summed E-state index contributed by atoms with van der Waals surface area (Å²) < 4.78 is 0.995. The van der Waals surface area contributed by atoms with Gasteiger partial charge in [0.15, 0.2) is 5.17 Å². The van der Waals surface area contributed by atoms with Gasteiger partial charge >= 0.3 is 0 Å². The van der Waals surface area contributed by atoms with E-state index in [1.54, 1.807) is 13.1 Å². The van der Waals surface area contributed by atoms with Crippen molar-refractivity contribution in [1.82, 2.24) is 9.88 Å². The highest BCUT2D eigenvalue weighted by Gasteiger charge is 2.37. The van der Waals surface area contributed by atoms with Gasteiger partial charge in [0.2, 0.25) is 16.9 Å². The Hall–Kier alpha value is -3.31. The molecule has 9 nitrogen and oxygen atoms in total. The molecule has 0 saturated carbocycles. The molecular formula is C19H15N5O4S2. The van der Waals surface area contributed by atoms with Crippen molar-refractivity contribution in [3.05, 3.63) is 58.6 Å². The van der Waals surface area contributed by atoms with Gasteiger partial charge in [-0.05, 0) is 18.2 Å². The number of hydrogen-bond acceptors (Lipinski definition) is 8. The molecule has 11 heteroatoms. The van der Waals surface area contributed by atoms with Gasteiger partial charge in [-0.1, -0.05) is 47.4 Å². The number of thiazole rings is 1. The van der Waals surface area contributed by atoms with Crippen LogP contribution in [-0.4, -0.2) is 44.1 Å². The molecule has 1 atom stereocenters. The Morgan fingerprint density at radius 2 is 2.00 bits per heavy atom. The zero-order valence-electron chi connectivity index (χ0n) is 15.6. The normalized spacial score (nSPS) is 17.6. The Labute approximate surface area is 179 Å². The van der Waals surface area contributed by atoms with Gasteiger partial charge in [-0.15, -0.1) is 0 Å². The molecule has 30 heavy (non-hydrogen) atoms. The lowest BCUT2D eigenvalue weighted by molar-refractivity contribution is -0.383. The molecule has 1 aliphatic rings. The third kappa shape index (κ3) is 4.02. The smallest absolute Gasteiger partial charge is 0.292 e. The van der Waals surface area contributed by atoms with Crippen LogP contribution in [0.5, 0.6) is 0 Å². The zero-order chi connectivity index (χ0) is 21.3. The number of hydrogen-bond donors (Lipinski definition) is 1. The lowest BCUT2D eigenvalue weighted by Crippen LogP contribution is -2.30. The van der Waals surface area contributed by atoms with Gasteiger partial charge in [0.05, 0.1) is 15.1 Å². The van der Waals surface area contributed by atoms with Gasteiger partial charge in [0.1, 0.15) is 10.9 Å². The average Bonchev–Trinajstić information content (AvgIpc) is 3.24. The minimum atomic E-state index is -0.661. The lowest BCUT2D eigenvalue weighted by Gasteiger charge is -2.09. The SMILES string of the molecule is CN1C(=O)[C@H](CC(=O)Nc2ccccc2[N+](=O)[O-])SC1=Nc1nc2ccccc2s1. The van der Waals surface area contributed by atoms with Crippen LogP contribution in [0.1, 0.15) is 6.42 Å². The first-order valence-corrected chi connectivity index (χ1v) is 10.5. The van der Waals surface area contributed by atoms with E-state index in [0.717, 1.165) is 10.2 Å². The van der Waals surface area contributed by atoms with Gasteiger partial charge in [0.25, 0.3) is 5.69 Å². The molecule has 1 aliphatic heterocycles. The Kier molecular flexibility index (Phi) is 5.46. The summed E-state index contributed by atoms with van der Waals surface area (Å²) in [5, 5.41) is 13.9. The maximum absolute atomic E-state index is 12.6. The van der Waals surface area contributed by atoms with E-state index in [-0.39, 0.29) is 23.7 Å². The Morgan fingerprint density at radius 3 is 2.77 bits per heavy atom. The molecule has 0 unspecified atom stereocenters. The first kappa shape index (κ1) is 20.0. The Balaban J connectivity index is 1.47. The van der Waals surface area contributed by atoms with E-state index in [0.29, 0.717) is 10.3 Å². The predicted octanol–water partition coefficient (Wildman–Crippen LogP) is 3.79. The number of amides is 2. The van der Waals surface area contributed by atoms with Crippen LogP contribution in [0.3, 0.4) is 0 Å². The molecule has 0 spiro atoms. The molecule has 152 valence electrons. The van der Waals surface area contributed by atoms with E-state index in [2.05, 4.69) is 15.3 Å². The maximum atomic E-state index is 12.6. The van der Waals surface area contributed by atoms with Crippen LogP contribution in [0.15, 0.2) is 53.5 Å². The van der Waals surface area contributed by atoms with Crippen molar-refractivity contribution in [1.29, 1.82) is 0 Å². The first-order valence-electron chi connectivity index (χ1n) is 8.84. The molecule has 3 aromatic rings. The summed E-state index contributed by atoms with van der Waals surface area (Å²) in [5.41, 5.74) is 0.727. The molecule has 0 aliphatic carbocycles. The fraction of sp³-hybridized carbons (Fsp3) is 0.158. The van der Waals surface area contributed by atoms with Crippen molar-refractivity contribution in [3.8, 4) is 0 Å². The van der Waals surface area contributed by atoms with Crippen molar-refractivity contribution in [2.24, 2.45) is 4.99 Å². The standard InChI is InChI=1S/C19H15N5O4S2/c1-23-17(26)15(10-16(25)20-11-6-2-4-8-13(11)24(27)28)30-19(23)22-18-21-12-7-3-5-9-14(12)29-18/h2-9,15H,10H2,1H3,(H,20,25)/t15-/m0/s1. The number of nitro groups is 1. The summed E-state index contributed by atoms with van der Waals surface area (Å²) in [4.78, 5) is 45.8. The third-order valence-corrected chi connectivity index (χ3v) is 6.52. The number of anilines is 1. The van der Waals surface area contributed by atoms with E-state index in [1.165, 1.54) is 46.2 Å². The number of benzene rings is 2. The monoisotopic (exact) mass is 441 g/mol. The largest absolute Gasteiger partial charge is 0.320 e. The molecule has 4 rings (SSSR count). The Bertz CT molecular complexity index is 1160. The Morgan fingerprint density at radius 1 is 1.27 bits per heavy atom. The van der Waals surface area contributed by atoms with Crippen LogP contribution in [0, 0.1) is 10.1 Å². The van der Waals surface area contributed by atoms with Gasteiger partial charge in [-0.2, -0.15) is 4.99 Å². The highest BCUT2D eigenvalue weighted by atomic mass is 32.2. The minimum absolute atomic E-state index is 0.0969.